The number of fused-ring (bicyclic) bond motifs is 3. The molecule has 19 heavy (non-hydrogen) atoms. The second-order valence-corrected chi connectivity index (χ2v) is 4.62. The van der Waals surface area contributed by atoms with Crippen molar-refractivity contribution in [1.29, 1.82) is 0 Å². The predicted molar refractivity (Wildman–Crippen MR) is 71.8 cm³/mol. The fraction of sp³-hybridized carbons (Fsp3) is 0.286. The molecule has 0 amide bonds. The summed E-state index contributed by atoms with van der Waals surface area (Å²) in [7, 11) is 0. The summed E-state index contributed by atoms with van der Waals surface area (Å²) in [4.78, 5) is 14.3. The number of hydroxylamine groups is 1. The number of hydrogen-bond acceptors (Lipinski definition) is 5. The first-order valence-electron chi connectivity index (χ1n) is 6.46. The second-order valence-electron chi connectivity index (χ2n) is 4.62. The van der Waals surface area contributed by atoms with E-state index in [2.05, 4.69) is 9.97 Å². The summed E-state index contributed by atoms with van der Waals surface area (Å²) in [6, 6.07) is 7.89. The van der Waals surface area contributed by atoms with Crippen LogP contribution < -0.4 is 5.06 Å². The summed E-state index contributed by atoms with van der Waals surface area (Å²) in [5, 5.41) is 2.83. The van der Waals surface area contributed by atoms with Gasteiger partial charge in [0.25, 0.3) is 0 Å². The highest BCUT2D eigenvalue weighted by Crippen LogP contribution is 2.32. The van der Waals surface area contributed by atoms with E-state index in [4.69, 9.17) is 9.25 Å². The molecule has 1 aliphatic rings. The molecule has 3 heterocycles. The summed E-state index contributed by atoms with van der Waals surface area (Å²) in [6.07, 6.45) is 3.76. The molecule has 0 saturated carbocycles. The van der Waals surface area contributed by atoms with Crippen LogP contribution in [0.15, 0.2) is 35.0 Å². The van der Waals surface area contributed by atoms with Gasteiger partial charge in [-0.2, -0.15) is 0 Å². The van der Waals surface area contributed by atoms with E-state index in [9.17, 15) is 0 Å². The first-order valence-corrected chi connectivity index (χ1v) is 6.46. The van der Waals surface area contributed by atoms with Gasteiger partial charge < -0.3 is 4.42 Å². The van der Waals surface area contributed by atoms with Gasteiger partial charge >= 0.3 is 0 Å². The quantitative estimate of drug-likeness (QED) is 0.669. The Bertz CT molecular complexity index is 732. The van der Waals surface area contributed by atoms with Gasteiger partial charge in [0.1, 0.15) is 17.4 Å². The average molecular weight is 255 g/mol. The van der Waals surface area contributed by atoms with Gasteiger partial charge in [0, 0.05) is 11.9 Å². The van der Waals surface area contributed by atoms with Crippen LogP contribution in [0.2, 0.25) is 0 Å². The molecule has 1 fully saturated rings. The molecule has 1 aromatic carbocycles. The first kappa shape index (κ1) is 10.8. The third-order valence-corrected chi connectivity index (χ3v) is 3.38. The van der Waals surface area contributed by atoms with Crippen LogP contribution in [0.3, 0.4) is 0 Å². The molecule has 0 spiro atoms. The molecule has 3 aromatic rings. The second kappa shape index (κ2) is 4.20. The molecule has 0 N–H and O–H groups in total. The molecular formula is C14H13N3O2. The summed E-state index contributed by atoms with van der Waals surface area (Å²) < 4.78 is 5.89. The number of rotatable bonds is 1. The van der Waals surface area contributed by atoms with E-state index in [1.54, 1.807) is 6.33 Å². The van der Waals surface area contributed by atoms with Crippen molar-refractivity contribution < 1.29 is 9.25 Å². The van der Waals surface area contributed by atoms with Crippen molar-refractivity contribution in [2.75, 3.05) is 18.2 Å². The standard InChI is InChI=1S/C14H13N3O2/c1-2-6-11-10(5-1)12-13(19-11)14(16-9-15-12)17-7-3-4-8-18-17/h1-2,5-6,9H,3-4,7-8H2. The molecule has 0 atom stereocenters. The minimum atomic E-state index is 0.700. The van der Waals surface area contributed by atoms with Crippen LogP contribution in [0.4, 0.5) is 5.82 Å². The van der Waals surface area contributed by atoms with E-state index in [0.717, 1.165) is 48.3 Å². The summed E-state index contributed by atoms with van der Waals surface area (Å²) in [6.45, 7) is 1.56. The van der Waals surface area contributed by atoms with E-state index in [1.807, 2.05) is 29.3 Å². The van der Waals surface area contributed by atoms with Crippen LogP contribution in [-0.4, -0.2) is 23.1 Å². The molecule has 0 bridgehead atoms. The molecule has 0 radical (unpaired) electrons. The van der Waals surface area contributed by atoms with Crippen molar-refractivity contribution >= 4 is 27.9 Å². The van der Waals surface area contributed by atoms with Gasteiger partial charge in [-0.05, 0) is 25.0 Å². The fourth-order valence-corrected chi connectivity index (χ4v) is 2.45. The monoisotopic (exact) mass is 255 g/mol. The van der Waals surface area contributed by atoms with Gasteiger partial charge in [-0.1, -0.05) is 12.1 Å². The first-order chi connectivity index (χ1) is 9.43. The molecule has 4 rings (SSSR count). The molecule has 2 aromatic heterocycles. The number of benzene rings is 1. The molecule has 0 unspecified atom stereocenters. The number of anilines is 1. The van der Waals surface area contributed by atoms with E-state index in [0.29, 0.717) is 5.58 Å². The van der Waals surface area contributed by atoms with E-state index >= 15 is 0 Å². The Morgan fingerprint density at radius 2 is 2.05 bits per heavy atom. The Kier molecular flexibility index (Phi) is 2.38. The summed E-state index contributed by atoms with van der Waals surface area (Å²) >= 11 is 0. The smallest absolute Gasteiger partial charge is 0.199 e. The fourth-order valence-electron chi connectivity index (χ4n) is 2.45. The highest BCUT2D eigenvalue weighted by atomic mass is 16.7. The predicted octanol–water partition coefficient (Wildman–Crippen LogP) is 2.91. The van der Waals surface area contributed by atoms with Gasteiger partial charge in [0.05, 0.1) is 6.61 Å². The largest absolute Gasteiger partial charge is 0.450 e. The van der Waals surface area contributed by atoms with Gasteiger partial charge in [-0.15, -0.1) is 0 Å². The Hall–Kier alpha value is -2.14. The highest BCUT2D eigenvalue weighted by molar-refractivity contribution is 6.05. The number of nitrogens with zero attached hydrogens (tertiary/aromatic N) is 3. The zero-order valence-corrected chi connectivity index (χ0v) is 10.4. The van der Waals surface area contributed by atoms with Crippen molar-refractivity contribution in [2.24, 2.45) is 0 Å². The Morgan fingerprint density at radius 3 is 2.95 bits per heavy atom. The molecule has 1 aliphatic heterocycles. The molecule has 5 heteroatoms. The molecule has 96 valence electrons. The van der Waals surface area contributed by atoms with E-state index < -0.39 is 0 Å². The van der Waals surface area contributed by atoms with Crippen LogP contribution in [0.25, 0.3) is 22.1 Å². The van der Waals surface area contributed by atoms with Crippen LogP contribution >= 0.6 is 0 Å². The lowest BCUT2D eigenvalue weighted by atomic mass is 10.2. The normalized spacial score (nSPS) is 16.3. The highest BCUT2D eigenvalue weighted by Gasteiger charge is 2.20. The number of furan rings is 1. The third-order valence-electron chi connectivity index (χ3n) is 3.38. The maximum atomic E-state index is 5.89. The van der Waals surface area contributed by atoms with E-state index in [1.165, 1.54) is 0 Å². The van der Waals surface area contributed by atoms with Crippen molar-refractivity contribution in [3.63, 3.8) is 0 Å². The lowest BCUT2D eigenvalue weighted by molar-refractivity contribution is 0.0763. The zero-order valence-electron chi connectivity index (χ0n) is 10.4. The van der Waals surface area contributed by atoms with E-state index in [-0.39, 0.29) is 0 Å². The Labute approximate surface area is 109 Å². The van der Waals surface area contributed by atoms with Gasteiger partial charge in [0.15, 0.2) is 11.4 Å². The van der Waals surface area contributed by atoms with Crippen molar-refractivity contribution in [1.82, 2.24) is 9.97 Å². The average Bonchev–Trinajstić information content (AvgIpc) is 2.87. The van der Waals surface area contributed by atoms with Gasteiger partial charge in [-0.3, -0.25) is 4.84 Å². The molecule has 0 aliphatic carbocycles. The lowest BCUT2D eigenvalue weighted by Crippen LogP contribution is -2.30. The summed E-state index contributed by atoms with van der Waals surface area (Å²) in [5.74, 6) is 0.723. The van der Waals surface area contributed by atoms with Crippen molar-refractivity contribution in [3.05, 3.63) is 30.6 Å². The minimum absolute atomic E-state index is 0.700. The van der Waals surface area contributed by atoms with Crippen LogP contribution in [-0.2, 0) is 4.84 Å². The van der Waals surface area contributed by atoms with Crippen molar-refractivity contribution in [3.8, 4) is 0 Å². The number of hydrogen-bond donors (Lipinski definition) is 0. The van der Waals surface area contributed by atoms with Gasteiger partial charge in [-0.25, -0.2) is 15.0 Å². The third kappa shape index (κ3) is 1.66. The maximum Gasteiger partial charge on any atom is 0.199 e. The van der Waals surface area contributed by atoms with Crippen LogP contribution in [0.5, 0.6) is 0 Å². The van der Waals surface area contributed by atoms with Crippen LogP contribution in [0.1, 0.15) is 12.8 Å². The lowest BCUT2D eigenvalue weighted by Gasteiger charge is -2.26. The molecule has 5 nitrogen and oxygen atoms in total. The number of aromatic nitrogens is 2. The number of para-hydroxylation sites is 1. The topological polar surface area (TPSA) is 51.4 Å². The summed E-state index contributed by atoms with van der Waals surface area (Å²) in [5.41, 5.74) is 2.37. The van der Waals surface area contributed by atoms with Gasteiger partial charge in [0.2, 0.25) is 0 Å². The SMILES string of the molecule is c1ccc2c(c1)oc1c(N3CCCCO3)ncnc12. The van der Waals surface area contributed by atoms with Crippen molar-refractivity contribution in [2.45, 2.75) is 12.8 Å². The zero-order chi connectivity index (χ0) is 12.7. The Morgan fingerprint density at radius 1 is 1.11 bits per heavy atom. The molecule has 1 saturated heterocycles. The maximum absolute atomic E-state index is 5.89. The molecular weight excluding hydrogens is 242 g/mol. The Balaban J connectivity index is 1.95. The van der Waals surface area contributed by atoms with Crippen LogP contribution in [0, 0.1) is 0 Å². The minimum Gasteiger partial charge on any atom is -0.450 e.